The molecule has 0 saturated heterocycles. The van der Waals surface area contributed by atoms with Gasteiger partial charge in [0, 0.05) is 24.4 Å². The van der Waals surface area contributed by atoms with E-state index in [1.807, 2.05) is 19.2 Å². The number of amides is 1. The van der Waals surface area contributed by atoms with Crippen molar-refractivity contribution in [2.75, 3.05) is 24.4 Å². The van der Waals surface area contributed by atoms with Crippen LogP contribution in [0.5, 0.6) is 0 Å². The van der Waals surface area contributed by atoms with E-state index in [4.69, 9.17) is 11.6 Å². The van der Waals surface area contributed by atoms with Gasteiger partial charge in [-0.05, 0) is 31.2 Å². The van der Waals surface area contributed by atoms with E-state index < -0.39 is 6.67 Å². The molecule has 0 saturated carbocycles. The molecule has 2 aromatic rings. The van der Waals surface area contributed by atoms with E-state index in [1.165, 1.54) is 0 Å². The summed E-state index contributed by atoms with van der Waals surface area (Å²) in [5.41, 5.74) is 1.30. The lowest BCUT2D eigenvalue weighted by Gasteiger charge is -2.22. The second-order valence-electron chi connectivity index (χ2n) is 5.65. The summed E-state index contributed by atoms with van der Waals surface area (Å²) in [7, 11) is 0. The Kier molecular flexibility index (Phi) is 7.71. The molecule has 1 amide bonds. The Morgan fingerprint density at radius 3 is 2.92 bits per heavy atom. The Morgan fingerprint density at radius 1 is 1.48 bits per heavy atom. The van der Waals surface area contributed by atoms with Crippen molar-refractivity contribution in [3.63, 3.8) is 0 Å². The Labute approximate surface area is 156 Å². The van der Waals surface area contributed by atoms with Crippen LogP contribution in [-0.4, -0.2) is 45.4 Å². The van der Waals surface area contributed by atoms with Crippen molar-refractivity contribution in [2.24, 2.45) is 0 Å². The first-order valence-electron chi connectivity index (χ1n) is 8.11. The molecule has 0 fully saturated rings. The van der Waals surface area contributed by atoms with Crippen molar-refractivity contribution in [3.05, 3.63) is 35.9 Å². The Hall–Kier alpha value is -1.60. The summed E-state index contributed by atoms with van der Waals surface area (Å²) in [4.78, 5) is 18.4. The van der Waals surface area contributed by atoms with Gasteiger partial charge in [-0.25, -0.2) is 4.68 Å². The summed E-state index contributed by atoms with van der Waals surface area (Å²) in [6.07, 6.45) is 8.41. The molecule has 5 nitrogen and oxygen atoms in total. The van der Waals surface area contributed by atoms with Gasteiger partial charge in [-0.15, -0.1) is 0 Å². The second-order valence-corrected chi connectivity index (χ2v) is 7.29. The molecule has 2 heterocycles. The van der Waals surface area contributed by atoms with Gasteiger partial charge in [-0.2, -0.15) is 16.9 Å². The normalized spacial score (nSPS) is 12.2. The third-order valence-corrected chi connectivity index (χ3v) is 5.02. The lowest BCUT2D eigenvalue weighted by atomic mass is 10.2. The number of anilines is 1. The molecule has 1 atom stereocenters. The summed E-state index contributed by atoms with van der Waals surface area (Å²) in [5, 5.41) is 4.72. The first kappa shape index (κ1) is 19.7. The zero-order valence-electron chi connectivity index (χ0n) is 14.4. The smallest absolute Gasteiger partial charge is 0.228 e. The van der Waals surface area contributed by atoms with E-state index in [0.717, 1.165) is 5.69 Å². The summed E-state index contributed by atoms with van der Waals surface area (Å²) in [6.45, 7) is 2.03. The molecular weight excluding hydrogens is 363 g/mol. The van der Waals surface area contributed by atoms with Crippen molar-refractivity contribution in [3.8, 4) is 5.69 Å². The fraction of sp³-hybridized carbons (Fsp3) is 0.471. The minimum atomic E-state index is -0.397. The van der Waals surface area contributed by atoms with Crippen LogP contribution in [0.1, 0.15) is 26.2 Å². The van der Waals surface area contributed by atoms with Gasteiger partial charge >= 0.3 is 0 Å². The lowest BCUT2D eigenvalue weighted by molar-refractivity contribution is -0.118. The Morgan fingerprint density at radius 2 is 2.28 bits per heavy atom. The van der Waals surface area contributed by atoms with Gasteiger partial charge in [0.25, 0.3) is 0 Å². The zero-order chi connectivity index (χ0) is 18.2. The van der Waals surface area contributed by atoms with Gasteiger partial charge in [0.1, 0.15) is 5.69 Å². The highest BCUT2D eigenvalue weighted by Crippen LogP contribution is 2.28. The number of nitrogens with zero attached hydrogens (tertiary/aromatic N) is 4. The number of rotatable bonds is 9. The lowest BCUT2D eigenvalue weighted by Crippen LogP contribution is -2.33. The number of pyridine rings is 1. The van der Waals surface area contributed by atoms with E-state index in [1.54, 1.807) is 46.0 Å². The van der Waals surface area contributed by atoms with Crippen molar-refractivity contribution in [2.45, 2.75) is 31.4 Å². The first-order chi connectivity index (χ1) is 12.1. The molecule has 2 rings (SSSR count). The predicted molar refractivity (Wildman–Crippen MR) is 102 cm³/mol. The van der Waals surface area contributed by atoms with E-state index in [-0.39, 0.29) is 16.3 Å². The number of carbonyl (C=O) groups excluding carboxylic acids is 1. The standard InChI is InChI=1S/C17H22ClFN4OS/c1-13(25-2)10-16(24)22(9-4-3-7-19)15-12-23(21-17(15)18)14-6-5-8-20-11-14/h5-6,8,11-13H,3-4,7,9-10H2,1-2H3. The molecule has 0 aromatic carbocycles. The third-order valence-electron chi connectivity index (χ3n) is 3.78. The van der Waals surface area contributed by atoms with Gasteiger partial charge in [0.05, 0.1) is 24.8 Å². The predicted octanol–water partition coefficient (Wildman–Crippen LogP) is 4.15. The summed E-state index contributed by atoms with van der Waals surface area (Å²) >= 11 is 7.92. The molecule has 8 heteroatoms. The van der Waals surface area contributed by atoms with Crippen LogP contribution in [0.15, 0.2) is 30.7 Å². The fourth-order valence-corrected chi connectivity index (χ4v) is 2.87. The third kappa shape index (κ3) is 5.44. The van der Waals surface area contributed by atoms with Gasteiger partial charge in [0.15, 0.2) is 5.15 Å². The number of hydrogen-bond donors (Lipinski definition) is 0. The number of thioether (sulfide) groups is 1. The molecule has 136 valence electrons. The topological polar surface area (TPSA) is 51.0 Å². The first-order valence-corrected chi connectivity index (χ1v) is 9.78. The van der Waals surface area contributed by atoms with Crippen LogP contribution in [-0.2, 0) is 4.79 Å². The van der Waals surface area contributed by atoms with Crippen LogP contribution in [0, 0.1) is 0 Å². The number of hydrogen-bond acceptors (Lipinski definition) is 4. The van der Waals surface area contributed by atoms with Crippen LogP contribution in [0.4, 0.5) is 10.1 Å². The number of halogens is 2. The number of aromatic nitrogens is 3. The highest BCUT2D eigenvalue weighted by molar-refractivity contribution is 7.99. The van der Waals surface area contributed by atoms with Crippen molar-refractivity contribution < 1.29 is 9.18 Å². The van der Waals surface area contributed by atoms with Crippen molar-refractivity contribution in [1.29, 1.82) is 0 Å². The van der Waals surface area contributed by atoms with Gasteiger partial charge in [-0.3, -0.25) is 14.2 Å². The van der Waals surface area contributed by atoms with Crippen molar-refractivity contribution >= 4 is 35.0 Å². The fourth-order valence-electron chi connectivity index (χ4n) is 2.33. The molecular formula is C17H22ClFN4OS. The van der Waals surface area contributed by atoms with Gasteiger partial charge in [0.2, 0.25) is 5.91 Å². The van der Waals surface area contributed by atoms with E-state index >= 15 is 0 Å². The van der Waals surface area contributed by atoms with Crippen LogP contribution in [0.25, 0.3) is 5.69 Å². The van der Waals surface area contributed by atoms with Crippen LogP contribution in [0.2, 0.25) is 5.15 Å². The number of carbonyl (C=O) groups is 1. The Balaban J connectivity index is 2.26. The van der Waals surface area contributed by atoms with E-state index in [9.17, 15) is 9.18 Å². The maximum atomic E-state index is 12.7. The zero-order valence-corrected chi connectivity index (χ0v) is 15.9. The summed E-state index contributed by atoms with van der Waals surface area (Å²) in [6, 6.07) is 3.65. The van der Waals surface area contributed by atoms with Crippen molar-refractivity contribution in [1.82, 2.24) is 14.8 Å². The van der Waals surface area contributed by atoms with Crippen LogP contribution in [0.3, 0.4) is 0 Å². The molecule has 0 N–H and O–H groups in total. The molecule has 0 aliphatic heterocycles. The molecule has 0 bridgehead atoms. The minimum absolute atomic E-state index is 0.0339. The second kappa shape index (κ2) is 9.77. The highest BCUT2D eigenvalue weighted by Gasteiger charge is 2.22. The van der Waals surface area contributed by atoms with Crippen LogP contribution < -0.4 is 4.90 Å². The molecule has 0 radical (unpaired) electrons. The summed E-state index contributed by atoms with van der Waals surface area (Å²) in [5.74, 6) is -0.0339. The Bertz CT molecular complexity index is 683. The molecule has 0 aliphatic rings. The minimum Gasteiger partial charge on any atom is -0.308 e. The highest BCUT2D eigenvalue weighted by atomic mass is 35.5. The number of unbranched alkanes of at least 4 members (excludes halogenated alkanes) is 1. The summed E-state index contributed by atoms with van der Waals surface area (Å²) < 4.78 is 14.1. The number of alkyl halides is 1. The maximum Gasteiger partial charge on any atom is 0.228 e. The molecule has 1 unspecified atom stereocenters. The largest absolute Gasteiger partial charge is 0.308 e. The molecule has 0 spiro atoms. The average molecular weight is 385 g/mol. The van der Waals surface area contributed by atoms with Gasteiger partial charge < -0.3 is 4.90 Å². The van der Waals surface area contributed by atoms with Gasteiger partial charge in [-0.1, -0.05) is 18.5 Å². The van der Waals surface area contributed by atoms with E-state index in [0.29, 0.717) is 31.5 Å². The van der Waals surface area contributed by atoms with Crippen LogP contribution >= 0.6 is 23.4 Å². The SMILES string of the molecule is CSC(C)CC(=O)N(CCCCF)c1cn(-c2cccnc2)nc1Cl. The average Bonchev–Trinajstić information content (AvgIpc) is 3.00. The molecule has 25 heavy (non-hydrogen) atoms. The maximum absolute atomic E-state index is 12.7. The monoisotopic (exact) mass is 384 g/mol. The molecule has 2 aromatic heterocycles. The quantitative estimate of drug-likeness (QED) is 0.609. The van der Waals surface area contributed by atoms with E-state index in [2.05, 4.69) is 10.1 Å². The molecule has 0 aliphatic carbocycles.